The predicted octanol–water partition coefficient (Wildman–Crippen LogP) is 2.58. The Hall–Kier alpha value is -1.58. The molecule has 0 aliphatic carbocycles. The molecule has 0 fully saturated rings. The van der Waals surface area contributed by atoms with E-state index in [2.05, 4.69) is 24.3 Å². The summed E-state index contributed by atoms with van der Waals surface area (Å²) in [5.74, 6) is 0.200. The van der Waals surface area contributed by atoms with Crippen molar-refractivity contribution in [3.63, 3.8) is 0 Å². The molecule has 0 saturated carbocycles. The Kier molecular flexibility index (Phi) is 3.90. The summed E-state index contributed by atoms with van der Waals surface area (Å²) in [5, 5.41) is 11.6. The Morgan fingerprint density at radius 2 is 2.25 bits per heavy atom. The summed E-state index contributed by atoms with van der Waals surface area (Å²) in [6.45, 7) is 1.89. The zero-order valence-electron chi connectivity index (χ0n) is 10.4. The molecule has 0 spiro atoms. The summed E-state index contributed by atoms with van der Waals surface area (Å²) in [6, 6.07) is 5.54. The molecule has 0 bridgehead atoms. The summed E-state index contributed by atoms with van der Waals surface area (Å²) in [7, 11) is 0. The Bertz CT molecular complexity index is 753. The van der Waals surface area contributed by atoms with Crippen molar-refractivity contribution in [2.24, 2.45) is 0 Å². The lowest BCUT2D eigenvalue weighted by molar-refractivity contribution is -0.113. The standard InChI is InChI=1S/C11H9N5OS3/c1-6-13-14-11(19-6)18-5-9(17)12-7-3-2-4-8-10(7)16-20-15-8/h2-4H,5H2,1H3,(H,12,17). The van der Waals surface area contributed by atoms with Crippen molar-refractivity contribution >= 4 is 57.5 Å². The van der Waals surface area contributed by atoms with Crippen LogP contribution in [0.2, 0.25) is 0 Å². The Balaban J connectivity index is 1.65. The van der Waals surface area contributed by atoms with Gasteiger partial charge in [-0.3, -0.25) is 4.79 Å². The molecule has 0 radical (unpaired) electrons. The fraction of sp³-hybridized carbons (Fsp3) is 0.182. The number of amides is 1. The minimum Gasteiger partial charge on any atom is -0.323 e. The van der Waals surface area contributed by atoms with Crippen LogP contribution in [0.4, 0.5) is 5.69 Å². The predicted molar refractivity (Wildman–Crippen MR) is 81.4 cm³/mol. The second-order valence-electron chi connectivity index (χ2n) is 3.86. The lowest BCUT2D eigenvalue weighted by Gasteiger charge is -2.04. The van der Waals surface area contributed by atoms with Gasteiger partial charge >= 0.3 is 0 Å². The number of hydrogen-bond donors (Lipinski definition) is 1. The number of aryl methyl sites for hydroxylation is 1. The average molecular weight is 323 g/mol. The van der Waals surface area contributed by atoms with Crippen LogP contribution in [0.15, 0.2) is 22.5 Å². The number of rotatable bonds is 4. The van der Waals surface area contributed by atoms with Crippen molar-refractivity contribution in [2.75, 3.05) is 11.1 Å². The maximum Gasteiger partial charge on any atom is 0.234 e. The molecule has 3 rings (SSSR count). The number of thioether (sulfide) groups is 1. The first kappa shape index (κ1) is 13.4. The van der Waals surface area contributed by atoms with Crippen LogP contribution in [0, 0.1) is 6.92 Å². The van der Waals surface area contributed by atoms with Gasteiger partial charge in [0.2, 0.25) is 5.91 Å². The van der Waals surface area contributed by atoms with E-state index in [0.29, 0.717) is 11.4 Å². The SMILES string of the molecule is Cc1nnc(SCC(=O)Nc2cccc3nsnc23)s1. The molecule has 0 saturated heterocycles. The van der Waals surface area contributed by atoms with Crippen LogP contribution in [0.5, 0.6) is 0 Å². The molecule has 2 aromatic heterocycles. The minimum atomic E-state index is -0.0941. The number of carbonyl (C=O) groups is 1. The number of nitrogens with zero attached hydrogens (tertiary/aromatic N) is 4. The third-order valence-electron chi connectivity index (χ3n) is 2.39. The van der Waals surface area contributed by atoms with Gasteiger partial charge in [-0.05, 0) is 19.1 Å². The normalized spacial score (nSPS) is 10.8. The van der Waals surface area contributed by atoms with Crippen molar-refractivity contribution in [2.45, 2.75) is 11.3 Å². The third kappa shape index (κ3) is 2.94. The lowest BCUT2D eigenvalue weighted by atomic mass is 10.2. The molecule has 0 unspecified atom stereocenters. The van der Waals surface area contributed by atoms with Gasteiger partial charge in [-0.15, -0.1) is 10.2 Å². The van der Waals surface area contributed by atoms with Gasteiger partial charge in [0.15, 0.2) is 4.34 Å². The highest BCUT2D eigenvalue weighted by Crippen LogP contribution is 2.24. The number of aromatic nitrogens is 4. The molecule has 3 aromatic rings. The van der Waals surface area contributed by atoms with Crippen molar-refractivity contribution in [3.8, 4) is 0 Å². The van der Waals surface area contributed by atoms with Crippen LogP contribution in [0.1, 0.15) is 5.01 Å². The van der Waals surface area contributed by atoms with E-state index in [1.54, 1.807) is 0 Å². The van der Waals surface area contributed by atoms with Crippen LogP contribution in [-0.4, -0.2) is 30.6 Å². The molecule has 102 valence electrons. The van der Waals surface area contributed by atoms with E-state index >= 15 is 0 Å². The molecule has 0 aliphatic rings. The zero-order valence-corrected chi connectivity index (χ0v) is 12.8. The Labute approximate surface area is 127 Å². The quantitative estimate of drug-likeness (QED) is 0.743. The van der Waals surface area contributed by atoms with Gasteiger partial charge in [-0.2, -0.15) is 8.75 Å². The first-order valence-corrected chi connectivity index (χ1v) is 8.19. The van der Waals surface area contributed by atoms with E-state index in [1.807, 2.05) is 25.1 Å². The lowest BCUT2D eigenvalue weighted by Crippen LogP contribution is -2.14. The summed E-state index contributed by atoms with van der Waals surface area (Å²) >= 11 is 3.99. The molecular weight excluding hydrogens is 314 g/mol. The number of benzene rings is 1. The van der Waals surface area contributed by atoms with Gasteiger partial charge in [-0.1, -0.05) is 29.2 Å². The summed E-state index contributed by atoms with van der Waals surface area (Å²) < 4.78 is 9.12. The van der Waals surface area contributed by atoms with Gasteiger partial charge in [0, 0.05) is 0 Å². The monoisotopic (exact) mass is 323 g/mol. The fourth-order valence-corrected chi connectivity index (χ4v) is 3.72. The molecule has 20 heavy (non-hydrogen) atoms. The van der Waals surface area contributed by atoms with Gasteiger partial charge in [0.05, 0.1) is 23.2 Å². The van der Waals surface area contributed by atoms with Crippen molar-refractivity contribution in [1.29, 1.82) is 0 Å². The smallest absolute Gasteiger partial charge is 0.234 e. The first-order valence-electron chi connectivity index (χ1n) is 5.66. The second kappa shape index (κ2) is 5.81. The number of hydrogen-bond acceptors (Lipinski definition) is 8. The molecule has 1 N–H and O–H groups in total. The average Bonchev–Trinajstić information content (AvgIpc) is 3.05. The van der Waals surface area contributed by atoms with Gasteiger partial charge < -0.3 is 5.32 Å². The Morgan fingerprint density at radius 3 is 3.05 bits per heavy atom. The molecule has 1 amide bonds. The van der Waals surface area contributed by atoms with E-state index in [9.17, 15) is 4.79 Å². The van der Waals surface area contributed by atoms with E-state index in [0.717, 1.165) is 32.1 Å². The third-order valence-corrected chi connectivity index (χ3v) is 4.91. The molecule has 1 aromatic carbocycles. The highest BCUT2D eigenvalue weighted by molar-refractivity contribution is 8.01. The molecule has 9 heteroatoms. The molecule has 2 heterocycles. The highest BCUT2D eigenvalue weighted by Gasteiger charge is 2.10. The fourth-order valence-electron chi connectivity index (χ4n) is 1.56. The maximum atomic E-state index is 11.9. The number of anilines is 1. The molecule has 6 nitrogen and oxygen atoms in total. The van der Waals surface area contributed by atoms with E-state index in [1.165, 1.54) is 23.1 Å². The van der Waals surface area contributed by atoms with E-state index in [4.69, 9.17) is 0 Å². The Morgan fingerprint density at radius 1 is 1.35 bits per heavy atom. The number of nitrogens with one attached hydrogen (secondary N) is 1. The van der Waals surface area contributed by atoms with E-state index < -0.39 is 0 Å². The zero-order chi connectivity index (χ0) is 13.9. The molecule has 0 atom stereocenters. The van der Waals surface area contributed by atoms with Crippen LogP contribution in [0.3, 0.4) is 0 Å². The van der Waals surface area contributed by atoms with Crippen molar-refractivity contribution < 1.29 is 4.79 Å². The maximum absolute atomic E-state index is 11.9. The molecular formula is C11H9N5OS3. The van der Waals surface area contributed by atoms with Crippen LogP contribution >= 0.6 is 34.8 Å². The number of carbonyl (C=O) groups excluding carboxylic acids is 1. The largest absolute Gasteiger partial charge is 0.323 e. The van der Waals surface area contributed by atoms with Crippen LogP contribution in [0.25, 0.3) is 11.0 Å². The number of fused-ring (bicyclic) bond motifs is 1. The summed E-state index contributed by atoms with van der Waals surface area (Å²) in [6.07, 6.45) is 0. The summed E-state index contributed by atoms with van der Waals surface area (Å²) in [4.78, 5) is 11.9. The van der Waals surface area contributed by atoms with Crippen molar-refractivity contribution in [1.82, 2.24) is 18.9 Å². The highest BCUT2D eigenvalue weighted by atomic mass is 32.2. The summed E-state index contributed by atoms with van der Waals surface area (Å²) in [5.41, 5.74) is 2.21. The minimum absolute atomic E-state index is 0.0941. The second-order valence-corrected chi connectivity index (χ2v) is 6.79. The van der Waals surface area contributed by atoms with Gasteiger partial charge in [-0.25, -0.2) is 0 Å². The first-order chi connectivity index (χ1) is 9.72. The van der Waals surface area contributed by atoms with Gasteiger partial charge in [0.1, 0.15) is 16.0 Å². The van der Waals surface area contributed by atoms with E-state index in [-0.39, 0.29) is 5.91 Å². The van der Waals surface area contributed by atoms with Crippen LogP contribution in [-0.2, 0) is 4.79 Å². The van der Waals surface area contributed by atoms with Gasteiger partial charge in [0.25, 0.3) is 0 Å². The van der Waals surface area contributed by atoms with Crippen molar-refractivity contribution in [3.05, 3.63) is 23.2 Å². The topological polar surface area (TPSA) is 80.7 Å². The molecule has 0 aliphatic heterocycles. The van der Waals surface area contributed by atoms with Crippen LogP contribution < -0.4 is 5.32 Å².